The van der Waals surface area contributed by atoms with Crippen molar-refractivity contribution in [1.82, 2.24) is 4.90 Å². The van der Waals surface area contributed by atoms with Gasteiger partial charge in [-0.2, -0.15) is 0 Å². The normalized spacial score (nSPS) is 20.1. The molecule has 1 spiro atoms. The lowest BCUT2D eigenvalue weighted by Crippen LogP contribution is -2.50. The summed E-state index contributed by atoms with van der Waals surface area (Å²) in [5.74, 6) is -1.69. The van der Waals surface area contributed by atoms with Crippen LogP contribution < -0.4 is 5.32 Å². The SMILES string of the molecule is O=C(Nc1cccc(Br)c1)C(=O)N1CCC2(CC1)OCCO2. The summed E-state index contributed by atoms with van der Waals surface area (Å²) >= 11 is 3.33. The minimum Gasteiger partial charge on any atom is -0.347 e. The number of anilines is 1. The number of hydrogen-bond acceptors (Lipinski definition) is 4. The van der Waals surface area contributed by atoms with Crippen LogP contribution in [0.15, 0.2) is 28.7 Å². The van der Waals surface area contributed by atoms with Gasteiger partial charge in [-0.15, -0.1) is 0 Å². The second kappa shape index (κ2) is 6.36. The standard InChI is InChI=1S/C15H17BrN2O4/c16-11-2-1-3-12(10-11)17-13(19)14(20)18-6-4-15(5-7-18)21-8-9-22-15/h1-3,10H,4-9H2,(H,17,19). The van der Waals surface area contributed by atoms with Crippen LogP contribution in [0.25, 0.3) is 0 Å². The molecule has 0 aromatic heterocycles. The summed E-state index contributed by atoms with van der Waals surface area (Å²) in [4.78, 5) is 25.8. The molecule has 0 unspecified atom stereocenters. The molecule has 22 heavy (non-hydrogen) atoms. The van der Waals surface area contributed by atoms with Gasteiger partial charge in [0.1, 0.15) is 0 Å². The van der Waals surface area contributed by atoms with Gasteiger partial charge in [0.15, 0.2) is 5.79 Å². The molecule has 2 aliphatic heterocycles. The fourth-order valence-electron chi connectivity index (χ4n) is 2.73. The quantitative estimate of drug-likeness (QED) is 0.766. The summed E-state index contributed by atoms with van der Waals surface area (Å²) in [7, 11) is 0. The third kappa shape index (κ3) is 3.31. The maximum Gasteiger partial charge on any atom is 0.313 e. The largest absolute Gasteiger partial charge is 0.347 e. The van der Waals surface area contributed by atoms with Crippen LogP contribution in [0.1, 0.15) is 12.8 Å². The van der Waals surface area contributed by atoms with Crippen molar-refractivity contribution in [3.63, 3.8) is 0 Å². The molecule has 2 saturated heterocycles. The zero-order valence-electron chi connectivity index (χ0n) is 12.0. The van der Waals surface area contributed by atoms with Crippen molar-refractivity contribution in [1.29, 1.82) is 0 Å². The van der Waals surface area contributed by atoms with E-state index in [0.717, 1.165) is 4.47 Å². The summed E-state index contributed by atoms with van der Waals surface area (Å²) in [6.45, 7) is 2.12. The first-order valence-corrected chi connectivity index (χ1v) is 8.01. The molecule has 0 atom stereocenters. The van der Waals surface area contributed by atoms with Crippen LogP contribution in [0.4, 0.5) is 5.69 Å². The molecule has 1 N–H and O–H groups in total. The lowest BCUT2D eigenvalue weighted by molar-refractivity contribution is -0.187. The Kier molecular flexibility index (Phi) is 4.46. The fraction of sp³-hybridized carbons (Fsp3) is 0.467. The Bertz CT molecular complexity index is 577. The third-order valence-corrected chi connectivity index (χ3v) is 4.40. The predicted molar refractivity (Wildman–Crippen MR) is 83.2 cm³/mol. The molecular weight excluding hydrogens is 352 g/mol. The highest BCUT2D eigenvalue weighted by Crippen LogP contribution is 2.31. The van der Waals surface area contributed by atoms with Crippen molar-refractivity contribution in [3.8, 4) is 0 Å². The van der Waals surface area contributed by atoms with E-state index in [0.29, 0.717) is 44.8 Å². The van der Waals surface area contributed by atoms with Gasteiger partial charge in [-0.25, -0.2) is 0 Å². The first kappa shape index (κ1) is 15.5. The Morgan fingerprint density at radius 1 is 1.18 bits per heavy atom. The van der Waals surface area contributed by atoms with Crippen molar-refractivity contribution < 1.29 is 19.1 Å². The number of rotatable bonds is 1. The monoisotopic (exact) mass is 368 g/mol. The van der Waals surface area contributed by atoms with Crippen molar-refractivity contribution in [2.75, 3.05) is 31.6 Å². The Morgan fingerprint density at radius 3 is 2.50 bits per heavy atom. The van der Waals surface area contributed by atoms with Crippen molar-refractivity contribution in [2.45, 2.75) is 18.6 Å². The van der Waals surface area contributed by atoms with E-state index in [1.165, 1.54) is 0 Å². The van der Waals surface area contributed by atoms with E-state index in [4.69, 9.17) is 9.47 Å². The Morgan fingerprint density at radius 2 is 1.86 bits per heavy atom. The maximum atomic E-state index is 12.2. The first-order chi connectivity index (χ1) is 10.6. The topological polar surface area (TPSA) is 67.9 Å². The summed E-state index contributed by atoms with van der Waals surface area (Å²) < 4.78 is 12.1. The molecule has 0 bridgehead atoms. The van der Waals surface area contributed by atoms with Crippen molar-refractivity contribution in [3.05, 3.63) is 28.7 Å². The highest BCUT2D eigenvalue weighted by atomic mass is 79.9. The van der Waals surface area contributed by atoms with Crippen molar-refractivity contribution >= 4 is 33.4 Å². The molecule has 3 rings (SSSR count). The van der Waals surface area contributed by atoms with Crippen molar-refractivity contribution in [2.24, 2.45) is 0 Å². The fourth-order valence-corrected chi connectivity index (χ4v) is 3.13. The van der Waals surface area contributed by atoms with Gasteiger partial charge < -0.3 is 19.7 Å². The van der Waals surface area contributed by atoms with Crippen LogP contribution in [-0.2, 0) is 19.1 Å². The molecule has 0 aliphatic carbocycles. The van der Waals surface area contributed by atoms with E-state index >= 15 is 0 Å². The second-order valence-electron chi connectivity index (χ2n) is 5.36. The van der Waals surface area contributed by atoms with Gasteiger partial charge in [-0.1, -0.05) is 22.0 Å². The average Bonchev–Trinajstić information content (AvgIpc) is 2.95. The van der Waals surface area contributed by atoms with E-state index in [2.05, 4.69) is 21.2 Å². The number of carbonyl (C=O) groups excluding carboxylic acids is 2. The number of benzene rings is 1. The van der Waals surface area contributed by atoms with Crippen LogP contribution in [0.3, 0.4) is 0 Å². The number of nitrogens with zero attached hydrogens (tertiary/aromatic N) is 1. The number of carbonyl (C=O) groups is 2. The number of nitrogens with one attached hydrogen (secondary N) is 1. The third-order valence-electron chi connectivity index (χ3n) is 3.90. The zero-order chi connectivity index (χ0) is 15.6. The van der Waals surface area contributed by atoms with E-state index in [1.54, 1.807) is 23.1 Å². The lowest BCUT2D eigenvalue weighted by Gasteiger charge is -2.37. The number of ether oxygens (including phenoxy) is 2. The van der Waals surface area contributed by atoms with Crippen LogP contribution in [0.2, 0.25) is 0 Å². The molecule has 0 saturated carbocycles. The van der Waals surface area contributed by atoms with E-state index in [-0.39, 0.29) is 0 Å². The Labute approximate surface area is 136 Å². The number of halogens is 1. The highest BCUT2D eigenvalue weighted by molar-refractivity contribution is 9.10. The van der Waals surface area contributed by atoms with Gasteiger partial charge in [0.2, 0.25) is 0 Å². The molecule has 1 aromatic carbocycles. The minimum atomic E-state index is -0.623. The molecule has 2 heterocycles. The second-order valence-corrected chi connectivity index (χ2v) is 6.28. The van der Waals surface area contributed by atoms with Gasteiger partial charge in [-0.05, 0) is 18.2 Å². The summed E-state index contributed by atoms with van der Waals surface area (Å²) in [5.41, 5.74) is 0.587. The molecule has 6 nitrogen and oxygen atoms in total. The summed E-state index contributed by atoms with van der Waals surface area (Å²) in [6.07, 6.45) is 1.20. The predicted octanol–water partition coefficient (Wildman–Crippen LogP) is 1.75. The Balaban J connectivity index is 1.56. The molecule has 2 aliphatic rings. The zero-order valence-corrected chi connectivity index (χ0v) is 13.6. The van der Waals surface area contributed by atoms with E-state index in [9.17, 15) is 9.59 Å². The number of piperidine rings is 1. The summed E-state index contributed by atoms with van der Waals surface area (Å²) in [5, 5.41) is 2.62. The maximum absolute atomic E-state index is 12.2. The molecule has 7 heteroatoms. The molecule has 0 radical (unpaired) electrons. The lowest BCUT2D eigenvalue weighted by atomic mass is 10.0. The van der Waals surface area contributed by atoms with Gasteiger partial charge in [0.25, 0.3) is 0 Å². The average molecular weight is 369 g/mol. The van der Waals surface area contributed by atoms with Gasteiger partial charge in [0, 0.05) is 36.1 Å². The Hall–Kier alpha value is -1.44. The van der Waals surface area contributed by atoms with E-state index in [1.807, 2.05) is 6.07 Å². The molecule has 118 valence electrons. The van der Waals surface area contributed by atoms with Crippen LogP contribution >= 0.6 is 15.9 Å². The van der Waals surface area contributed by atoms with Crippen LogP contribution in [0, 0.1) is 0 Å². The smallest absolute Gasteiger partial charge is 0.313 e. The highest BCUT2D eigenvalue weighted by Gasteiger charge is 2.41. The van der Waals surface area contributed by atoms with E-state index < -0.39 is 17.6 Å². The number of likely N-dealkylation sites (tertiary alicyclic amines) is 1. The molecule has 2 amide bonds. The van der Waals surface area contributed by atoms with Gasteiger partial charge in [-0.3, -0.25) is 9.59 Å². The number of amides is 2. The van der Waals surface area contributed by atoms with Gasteiger partial charge >= 0.3 is 11.8 Å². The van der Waals surface area contributed by atoms with Crippen LogP contribution in [0.5, 0.6) is 0 Å². The number of hydrogen-bond donors (Lipinski definition) is 1. The molecular formula is C15H17BrN2O4. The summed E-state index contributed by atoms with van der Waals surface area (Å²) in [6, 6.07) is 7.13. The van der Waals surface area contributed by atoms with Gasteiger partial charge in [0.05, 0.1) is 13.2 Å². The molecule has 1 aromatic rings. The minimum absolute atomic E-state index is 0.463. The first-order valence-electron chi connectivity index (χ1n) is 7.22. The van der Waals surface area contributed by atoms with Crippen LogP contribution in [-0.4, -0.2) is 48.8 Å². The molecule has 2 fully saturated rings.